The van der Waals surface area contributed by atoms with Crippen LogP contribution in [-0.4, -0.2) is 11.7 Å². The average Bonchev–Trinajstić information content (AvgIpc) is 3.19. The van der Waals surface area contributed by atoms with Crippen molar-refractivity contribution in [1.82, 2.24) is 5.32 Å². The molecule has 1 atom stereocenters. The quantitative estimate of drug-likeness (QED) is 0.590. The summed E-state index contributed by atoms with van der Waals surface area (Å²) in [5.74, 6) is -1.10. The Morgan fingerprint density at radius 3 is 2.59 bits per heavy atom. The number of benzene rings is 1. The number of allylic oxidation sites excluding steroid dienone is 3. The van der Waals surface area contributed by atoms with E-state index in [1.54, 1.807) is 6.92 Å². The largest absolute Gasteiger partial charge is 0.416 e. The maximum Gasteiger partial charge on any atom is 0.416 e. The van der Waals surface area contributed by atoms with Crippen LogP contribution in [0.3, 0.4) is 0 Å². The fourth-order valence-corrected chi connectivity index (χ4v) is 5.29. The molecule has 1 aliphatic carbocycles. The van der Waals surface area contributed by atoms with Gasteiger partial charge in [-0.3, -0.25) is 9.59 Å². The van der Waals surface area contributed by atoms with Gasteiger partial charge in [0.15, 0.2) is 5.78 Å². The van der Waals surface area contributed by atoms with Crippen LogP contribution in [0.25, 0.3) is 0 Å². The van der Waals surface area contributed by atoms with E-state index in [0.29, 0.717) is 29.7 Å². The Bertz CT molecular complexity index is 1140. The first kappa shape index (κ1) is 22.3. The van der Waals surface area contributed by atoms with Crippen molar-refractivity contribution < 1.29 is 22.8 Å². The number of ketones is 1. The molecule has 0 radical (unpaired) electrons. The molecular formula is C24H23F3N2O2S. The lowest BCUT2D eigenvalue weighted by Gasteiger charge is -2.39. The van der Waals surface area contributed by atoms with E-state index in [1.807, 2.05) is 31.4 Å². The summed E-state index contributed by atoms with van der Waals surface area (Å²) < 4.78 is 39.3. The minimum atomic E-state index is -4.51. The summed E-state index contributed by atoms with van der Waals surface area (Å²) >= 11 is 1.45. The minimum absolute atomic E-state index is 0.0148. The zero-order chi connectivity index (χ0) is 23.3. The predicted molar refractivity (Wildman–Crippen MR) is 118 cm³/mol. The Balaban J connectivity index is 1.73. The second kappa shape index (κ2) is 7.92. The number of anilines is 1. The summed E-state index contributed by atoms with van der Waals surface area (Å²) in [5, 5.41) is 7.74. The second-order valence-electron chi connectivity index (χ2n) is 8.98. The number of Topliss-reactive ketones (excluding diaryl/α,β-unsaturated/α-hetero) is 1. The molecule has 2 N–H and O–H groups in total. The van der Waals surface area contributed by atoms with Gasteiger partial charge in [0, 0.05) is 39.5 Å². The summed E-state index contributed by atoms with van der Waals surface area (Å²) in [7, 11) is 0. The molecular weight excluding hydrogens is 437 g/mol. The van der Waals surface area contributed by atoms with Crippen molar-refractivity contribution in [3.63, 3.8) is 0 Å². The number of carbonyl (C=O) groups excluding carboxylic acids is 2. The van der Waals surface area contributed by atoms with E-state index < -0.39 is 23.6 Å². The molecule has 2 aromatic rings. The normalized spacial score (nSPS) is 20.7. The third-order valence-corrected chi connectivity index (χ3v) is 6.70. The number of thiophene rings is 1. The number of nitrogens with one attached hydrogen (secondary N) is 2. The Morgan fingerprint density at radius 1 is 1.19 bits per heavy atom. The Kier molecular flexibility index (Phi) is 5.53. The second-order valence-corrected chi connectivity index (χ2v) is 9.96. The SMILES string of the molecule is CC1=C(C(=O)Nc2cccc(C(F)(F)F)c2)[C@H](c2cccs2)C2=C(CC(C)(C)CC2=O)N1. The fraction of sp³-hybridized carbons (Fsp3) is 0.333. The molecule has 1 aliphatic heterocycles. The van der Waals surface area contributed by atoms with Crippen LogP contribution in [0.5, 0.6) is 0 Å². The highest BCUT2D eigenvalue weighted by Crippen LogP contribution is 2.47. The maximum atomic E-state index is 13.3. The molecule has 4 nitrogen and oxygen atoms in total. The number of alkyl halides is 3. The molecule has 0 spiro atoms. The highest BCUT2D eigenvalue weighted by Gasteiger charge is 2.43. The number of halogens is 3. The van der Waals surface area contributed by atoms with Gasteiger partial charge >= 0.3 is 6.18 Å². The van der Waals surface area contributed by atoms with Crippen molar-refractivity contribution in [2.75, 3.05) is 5.32 Å². The van der Waals surface area contributed by atoms with E-state index in [1.165, 1.54) is 23.5 Å². The number of amides is 1. The van der Waals surface area contributed by atoms with Crippen molar-refractivity contribution >= 4 is 28.7 Å². The maximum absolute atomic E-state index is 13.3. The summed E-state index contributed by atoms with van der Waals surface area (Å²) in [6.45, 7) is 5.83. The molecule has 0 fully saturated rings. The van der Waals surface area contributed by atoms with Crippen LogP contribution < -0.4 is 10.6 Å². The van der Waals surface area contributed by atoms with Crippen LogP contribution >= 0.6 is 11.3 Å². The lowest BCUT2D eigenvalue weighted by molar-refractivity contribution is -0.137. The summed E-state index contributed by atoms with van der Waals surface area (Å²) in [6, 6.07) is 8.27. The number of dihydropyridines is 1. The molecule has 32 heavy (non-hydrogen) atoms. The molecule has 1 aromatic carbocycles. The zero-order valence-electron chi connectivity index (χ0n) is 17.9. The molecule has 0 bridgehead atoms. The van der Waals surface area contributed by atoms with E-state index in [4.69, 9.17) is 0 Å². The Hall–Kier alpha value is -2.87. The van der Waals surface area contributed by atoms with Crippen molar-refractivity contribution in [3.05, 3.63) is 74.8 Å². The first-order chi connectivity index (χ1) is 15.0. The molecule has 0 unspecified atom stereocenters. The van der Waals surface area contributed by atoms with Gasteiger partial charge in [0.2, 0.25) is 0 Å². The van der Waals surface area contributed by atoms with Gasteiger partial charge < -0.3 is 10.6 Å². The Labute approximate surface area is 188 Å². The zero-order valence-corrected chi connectivity index (χ0v) is 18.7. The standard InChI is InChI=1S/C24H23F3N2O2S/c1-13-19(22(31)29-15-7-4-6-14(10-15)24(25,26)27)21(18-8-5-9-32-18)20-16(28-13)11-23(2,3)12-17(20)30/h4-10,21,28H,11-12H2,1-3H3,(H,29,31)/t21-/m0/s1. The van der Waals surface area contributed by atoms with Gasteiger partial charge in [-0.1, -0.05) is 26.0 Å². The van der Waals surface area contributed by atoms with Gasteiger partial charge in [0.1, 0.15) is 0 Å². The first-order valence-corrected chi connectivity index (χ1v) is 11.1. The van der Waals surface area contributed by atoms with Gasteiger partial charge in [-0.15, -0.1) is 11.3 Å². The fourth-order valence-electron chi connectivity index (χ4n) is 4.45. The molecule has 8 heteroatoms. The van der Waals surface area contributed by atoms with E-state index in [2.05, 4.69) is 10.6 Å². The van der Waals surface area contributed by atoms with Gasteiger partial charge in [-0.2, -0.15) is 13.2 Å². The lowest BCUT2D eigenvalue weighted by atomic mass is 9.69. The number of hydrogen-bond donors (Lipinski definition) is 2. The number of rotatable bonds is 3. The molecule has 1 amide bonds. The summed E-state index contributed by atoms with van der Waals surface area (Å²) in [6.07, 6.45) is -3.46. The summed E-state index contributed by atoms with van der Waals surface area (Å²) in [4.78, 5) is 27.3. The van der Waals surface area contributed by atoms with Crippen LogP contribution in [0.1, 0.15) is 50.0 Å². The predicted octanol–water partition coefficient (Wildman–Crippen LogP) is 6.01. The van der Waals surface area contributed by atoms with Crippen LogP contribution in [0.15, 0.2) is 64.3 Å². The molecule has 0 saturated carbocycles. The van der Waals surface area contributed by atoms with Crippen molar-refractivity contribution in [3.8, 4) is 0 Å². The topological polar surface area (TPSA) is 58.2 Å². The first-order valence-electron chi connectivity index (χ1n) is 10.2. The number of carbonyl (C=O) groups is 2. The third-order valence-electron chi connectivity index (χ3n) is 5.76. The van der Waals surface area contributed by atoms with Crippen LogP contribution in [0.4, 0.5) is 18.9 Å². The van der Waals surface area contributed by atoms with E-state index >= 15 is 0 Å². The summed E-state index contributed by atoms with van der Waals surface area (Å²) in [5.41, 5.74) is 1.34. The lowest BCUT2D eigenvalue weighted by Crippen LogP contribution is -2.39. The molecule has 2 heterocycles. The van der Waals surface area contributed by atoms with E-state index in [-0.39, 0.29) is 16.9 Å². The monoisotopic (exact) mass is 460 g/mol. The molecule has 2 aliphatic rings. The van der Waals surface area contributed by atoms with Gasteiger partial charge in [0.05, 0.1) is 11.5 Å². The Morgan fingerprint density at radius 2 is 1.94 bits per heavy atom. The highest BCUT2D eigenvalue weighted by molar-refractivity contribution is 7.10. The molecule has 168 valence electrons. The van der Waals surface area contributed by atoms with E-state index in [0.717, 1.165) is 22.7 Å². The smallest absolute Gasteiger partial charge is 0.362 e. The molecule has 4 rings (SSSR count). The van der Waals surface area contributed by atoms with Gasteiger partial charge in [-0.25, -0.2) is 0 Å². The minimum Gasteiger partial charge on any atom is -0.362 e. The molecule has 1 aromatic heterocycles. The van der Waals surface area contributed by atoms with Gasteiger partial charge in [0.25, 0.3) is 5.91 Å². The third kappa shape index (κ3) is 4.24. The van der Waals surface area contributed by atoms with Crippen molar-refractivity contribution in [2.24, 2.45) is 5.41 Å². The van der Waals surface area contributed by atoms with Crippen molar-refractivity contribution in [2.45, 2.75) is 45.7 Å². The van der Waals surface area contributed by atoms with Crippen LogP contribution in [-0.2, 0) is 15.8 Å². The highest BCUT2D eigenvalue weighted by atomic mass is 32.1. The molecule has 0 saturated heterocycles. The van der Waals surface area contributed by atoms with Gasteiger partial charge in [-0.05, 0) is 48.4 Å². The van der Waals surface area contributed by atoms with E-state index in [9.17, 15) is 22.8 Å². The van der Waals surface area contributed by atoms with Crippen molar-refractivity contribution in [1.29, 1.82) is 0 Å². The number of hydrogen-bond acceptors (Lipinski definition) is 4. The average molecular weight is 461 g/mol. The van der Waals surface area contributed by atoms with Crippen LogP contribution in [0, 0.1) is 5.41 Å². The van der Waals surface area contributed by atoms with Crippen LogP contribution in [0.2, 0.25) is 0 Å².